The Hall–Kier alpha value is 1.41. The van der Waals surface area contributed by atoms with E-state index in [9.17, 15) is 8.42 Å². The van der Waals surface area contributed by atoms with E-state index in [2.05, 4.69) is 2.13 Å². The predicted molar refractivity (Wildman–Crippen MR) is 31.3 cm³/mol. The Balaban J connectivity index is 4.17. The Labute approximate surface area is 73.8 Å². The van der Waals surface area contributed by atoms with Crippen LogP contribution in [0.15, 0.2) is 0 Å². The molecule has 0 aromatic heterocycles. The molecule has 0 aromatic rings. The Morgan fingerprint density at radius 1 is 1.50 bits per heavy atom. The molecule has 0 heterocycles. The molecule has 0 bridgehead atoms. The normalized spacial score (nSPS) is 12.2. The molecule has 0 aliphatic carbocycles. The molecule has 8 heavy (non-hydrogen) atoms. The zero-order chi connectivity index (χ0) is 6.78. The van der Waals surface area contributed by atoms with E-state index in [1.807, 2.05) is 0 Å². The Kier molecular flexibility index (Phi) is 4.17. The van der Waals surface area contributed by atoms with E-state index in [1.54, 1.807) is 0 Å². The molecule has 0 unspecified atom stereocenters. The van der Waals surface area contributed by atoms with Crippen LogP contribution in [0, 0.1) is 0 Å². The van der Waals surface area contributed by atoms with Crippen LogP contribution in [0.25, 0.3) is 0 Å². The van der Waals surface area contributed by atoms with Crippen LogP contribution in [0.2, 0.25) is 0 Å². The van der Waals surface area contributed by atoms with Crippen molar-refractivity contribution < 1.29 is 10.6 Å². The van der Waals surface area contributed by atoms with Gasteiger partial charge in [0.15, 0.2) is 0 Å². The van der Waals surface area contributed by atoms with Gasteiger partial charge in [0, 0.05) is 0 Å². The number of alkyl halides is 2. The van der Waals surface area contributed by atoms with Crippen LogP contribution in [-0.2, 0) is 12.3 Å². The fourth-order valence-corrected chi connectivity index (χ4v) is 3.32. The first-order valence-corrected chi connectivity index (χ1v) is 5.58. The number of rotatable bonds is 2. The molecule has 0 saturated heterocycles. The molecule has 0 fully saturated rings. The van der Waals surface area contributed by atoms with Crippen molar-refractivity contribution in [2.24, 2.45) is 0 Å². The molecule has 0 radical (unpaired) electrons. The van der Waals surface area contributed by atoms with Crippen molar-refractivity contribution in [3.63, 3.8) is 0 Å². The molecule has 7 heteroatoms. The molecule has 0 rings (SSSR count). The maximum atomic E-state index is 10.3. The molecule has 0 aromatic carbocycles. The van der Waals surface area contributed by atoms with Gasteiger partial charge in [-0.2, -0.15) is 0 Å². The second-order valence-corrected chi connectivity index (χ2v) is 6.36. The third-order valence-electron chi connectivity index (χ3n) is 0.352. The third kappa shape index (κ3) is 2.81. The molecule has 3 nitrogen and oxygen atoms in total. The minimum atomic E-state index is -3.63. The van der Waals surface area contributed by atoms with Gasteiger partial charge < -0.3 is 0 Å². The first kappa shape index (κ1) is 9.41. The van der Waals surface area contributed by atoms with E-state index in [4.69, 9.17) is 23.2 Å². The fourth-order valence-electron chi connectivity index (χ4n) is 0.0420. The van der Waals surface area contributed by atoms with Gasteiger partial charge in [-0.3, -0.25) is 0 Å². The number of hydrogen-bond donors (Lipinski definition) is 0. The van der Waals surface area contributed by atoms with E-state index in [0.717, 1.165) is 0 Å². The van der Waals surface area contributed by atoms with Gasteiger partial charge in [-0.05, 0) is 0 Å². The van der Waals surface area contributed by atoms with Gasteiger partial charge in [0.2, 0.25) is 0 Å². The standard InChI is InChI=1S/CH2Cl2O3S.Tl/c2-1(3)7(4,5)6;/h1H,(H,4,5,6);/q;+1/p-1. The van der Waals surface area contributed by atoms with Crippen LogP contribution in [0.5, 0.6) is 0 Å². The SMILES string of the molecule is O=S(=O)([O][Tl])C(Cl)Cl. The Morgan fingerprint density at radius 2 is 1.88 bits per heavy atom. The zero-order valence-electron chi connectivity index (χ0n) is 3.54. The summed E-state index contributed by atoms with van der Waals surface area (Å²) in [6.07, 6.45) is 0. The van der Waals surface area contributed by atoms with Crippen molar-refractivity contribution in [3.05, 3.63) is 0 Å². The van der Waals surface area contributed by atoms with Crippen molar-refractivity contribution in [1.82, 2.24) is 0 Å². The van der Waals surface area contributed by atoms with Crippen molar-refractivity contribution in [2.75, 3.05) is 0 Å². The summed E-state index contributed by atoms with van der Waals surface area (Å²) < 4.78 is 23.1. The summed E-state index contributed by atoms with van der Waals surface area (Å²) in [6, 6.07) is 0. The predicted octanol–water partition coefficient (Wildman–Crippen LogP) is 0.177. The summed E-state index contributed by atoms with van der Waals surface area (Å²) in [7, 11) is -3.63. The topological polar surface area (TPSA) is 43.4 Å². The Bertz CT molecular complexity index is 151. The zero-order valence-corrected chi connectivity index (χ0v) is 10.4. The van der Waals surface area contributed by atoms with E-state index < -0.39 is 14.3 Å². The van der Waals surface area contributed by atoms with Gasteiger partial charge in [0.05, 0.1) is 0 Å². The van der Waals surface area contributed by atoms with Crippen molar-refractivity contribution in [2.45, 2.75) is 4.17 Å². The summed E-state index contributed by atoms with van der Waals surface area (Å²) in [5.74, 6) is 0. The summed E-state index contributed by atoms with van der Waals surface area (Å²) >= 11 is 9.80. The van der Waals surface area contributed by atoms with Gasteiger partial charge in [-0.25, -0.2) is 0 Å². The molecule has 0 aliphatic rings. The van der Waals surface area contributed by atoms with Crippen molar-refractivity contribution in [1.29, 1.82) is 0 Å². The monoisotopic (exact) mass is 368 g/mol. The van der Waals surface area contributed by atoms with E-state index in [-0.39, 0.29) is 26.2 Å². The average molecular weight is 368 g/mol. The second kappa shape index (κ2) is 3.55. The summed E-state index contributed by atoms with van der Waals surface area (Å²) in [6.45, 7) is 0. The number of halogens is 2. The van der Waals surface area contributed by atoms with E-state index >= 15 is 0 Å². The molecule has 46 valence electrons. The van der Waals surface area contributed by atoms with Gasteiger partial charge >= 0.3 is 74.3 Å². The molecular weight excluding hydrogens is 367 g/mol. The van der Waals surface area contributed by atoms with Crippen LogP contribution in [0.4, 0.5) is 0 Å². The van der Waals surface area contributed by atoms with Gasteiger partial charge in [0.25, 0.3) is 0 Å². The van der Waals surface area contributed by atoms with Crippen LogP contribution >= 0.6 is 23.2 Å². The molecule has 0 saturated carbocycles. The number of hydrogen-bond acceptors (Lipinski definition) is 3. The molecule has 0 aliphatic heterocycles. The van der Waals surface area contributed by atoms with Gasteiger partial charge in [-0.15, -0.1) is 0 Å². The first-order valence-electron chi connectivity index (χ1n) is 1.41. The second-order valence-electron chi connectivity index (χ2n) is 0.850. The maximum absolute atomic E-state index is 10.3. The minimum absolute atomic E-state index is 0.0926. The summed E-state index contributed by atoms with van der Waals surface area (Å²) in [4.78, 5) is 0. The van der Waals surface area contributed by atoms with E-state index in [0.29, 0.717) is 0 Å². The molecule has 0 amide bonds. The van der Waals surface area contributed by atoms with Gasteiger partial charge in [-0.1, -0.05) is 0 Å². The third-order valence-corrected chi connectivity index (χ3v) is 5.49. The summed E-state index contributed by atoms with van der Waals surface area (Å²) in [5, 5.41) is 0. The molecule has 0 atom stereocenters. The summed E-state index contributed by atoms with van der Waals surface area (Å²) in [5.41, 5.74) is 0. The molecule has 0 spiro atoms. The van der Waals surface area contributed by atoms with Crippen molar-refractivity contribution >= 4 is 59.5 Å². The van der Waals surface area contributed by atoms with Crippen LogP contribution < -0.4 is 0 Å². The fraction of sp³-hybridized carbons (Fsp3) is 1.00. The first-order chi connectivity index (χ1) is 3.50. The van der Waals surface area contributed by atoms with Crippen LogP contribution in [-0.4, -0.2) is 38.8 Å². The Morgan fingerprint density at radius 3 is 1.88 bits per heavy atom. The molecular formula is CHCl2O3STl. The quantitative estimate of drug-likeness (QED) is 0.516. The van der Waals surface area contributed by atoms with Gasteiger partial charge in [0.1, 0.15) is 0 Å². The van der Waals surface area contributed by atoms with Crippen LogP contribution in [0.1, 0.15) is 0 Å². The van der Waals surface area contributed by atoms with E-state index in [1.165, 1.54) is 0 Å². The molecule has 0 N–H and O–H groups in total. The van der Waals surface area contributed by atoms with Crippen LogP contribution in [0.3, 0.4) is 0 Å². The average Bonchev–Trinajstić information content (AvgIpc) is 1.67. The van der Waals surface area contributed by atoms with Crippen molar-refractivity contribution in [3.8, 4) is 0 Å².